The lowest BCUT2D eigenvalue weighted by Crippen LogP contribution is -2.27. The fraction of sp³-hybridized carbons (Fsp3) is 0.0833. The summed E-state index contributed by atoms with van der Waals surface area (Å²) in [5, 5.41) is 8.66. The molecular formula is C12H12N4O3. The maximum absolute atomic E-state index is 11.6. The molecule has 0 radical (unpaired) electrons. The largest absolute Gasteiger partial charge is 0.364 e. The van der Waals surface area contributed by atoms with Crippen molar-refractivity contribution < 1.29 is 14.1 Å². The number of carbonyl (C=O) groups is 2. The Morgan fingerprint density at radius 2 is 2.00 bits per heavy atom. The van der Waals surface area contributed by atoms with Gasteiger partial charge in [0.05, 0.1) is 6.54 Å². The quantitative estimate of drug-likeness (QED) is 0.764. The van der Waals surface area contributed by atoms with Crippen molar-refractivity contribution in [2.75, 3.05) is 5.32 Å². The number of anilines is 1. The first kappa shape index (κ1) is 12.6. The molecule has 2 aromatic rings. The zero-order chi connectivity index (χ0) is 13.7. The van der Waals surface area contributed by atoms with Crippen molar-refractivity contribution in [2.45, 2.75) is 6.54 Å². The SMILES string of the molecule is NC(=O)c1cc(CNC(=O)Nc2ccccc2)on1. The second-order valence-corrected chi connectivity index (χ2v) is 3.72. The molecule has 0 unspecified atom stereocenters. The molecule has 0 bridgehead atoms. The molecule has 0 spiro atoms. The molecule has 0 saturated heterocycles. The number of nitrogens with zero attached hydrogens (tertiary/aromatic N) is 1. The van der Waals surface area contributed by atoms with Gasteiger partial charge in [0.1, 0.15) is 0 Å². The van der Waals surface area contributed by atoms with Crippen LogP contribution < -0.4 is 16.4 Å². The Hall–Kier alpha value is -2.83. The molecule has 0 fully saturated rings. The molecule has 4 N–H and O–H groups in total. The Bertz CT molecular complexity index is 580. The highest BCUT2D eigenvalue weighted by molar-refractivity contribution is 5.91. The molecule has 1 aromatic carbocycles. The highest BCUT2D eigenvalue weighted by Crippen LogP contribution is 2.05. The predicted octanol–water partition coefficient (Wildman–Crippen LogP) is 1.10. The normalized spacial score (nSPS) is 9.89. The van der Waals surface area contributed by atoms with E-state index in [0.29, 0.717) is 11.4 Å². The van der Waals surface area contributed by atoms with Gasteiger partial charge in [0.2, 0.25) is 0 Å². The number of nitrogens with one attached hydrogen (secondary N) is 2. The first-order valence-electron chi connectivity index (χ1n) is 5.50. The van der Waals surface area contributed by atoms with Crippen molar-refractivity contribution in [1.82, 2.24) is 10.5 Å². The molecule has 0 aliphatic carbocycles. The van der Waals surface area contributed by atoms with Crippen molar-refractivity contribution in [1.29, 1.82) is 0 Å². The standard InChI is InChI=1S/C12H12N4O3/c13-11(17)10-6-9(19-16-10)7-14-12(18)15-8-4-2-1-3-5-8/h1-6H,7H2,(H2,13,17)(H2,14,15,18). The number of primary amides is 1. The van der Waals surface area contributed by atoms with E-state index in [1.165, 1.54) is 6.07 Å². The summed E-state index contributed by atoms with van der Waals surface area (Å²) in [4.78, 5) is 22.3. The number of hydrogen-bond donors (Lipinski definition) is 3. The van der Waals surface area contributed by atoms with E-state index in [-0.39, 0.29) is 18.3 Å². The van der Waals surface area contributed by atoms with E-state index >= 15 is 0 Å². The van der Waals surface area contributed by atoms with Gasteiger partial charge in [-0.05, 0) is 12.1 Å². The van der Waals surface area contributed by atoms with Gasteiger partial charge < -0.3 is 20.9 Å². The average molecular weight is 260 g/mol. The van der Waals surface area contributed by atoms with Gasteiger partial charge in [-0.3, -0.25) is 4.79 Å². The lowest BCUT2D eigenvalue weighted by molar-refractivity contribution is 0.0991. The summed E-state index contributed by atoms with van der Waals surface area (Å²) < 4.78 is 4.83. The van der Waals surface area contributed by atoms with Crippen LogP contribution in [0.15, 0.2) is 40.9 Å². The molecule has 0 aliphatic rings. The third kappa shape index (κ3) is 3.56. The van der Waals surface area contributed by atoms with Crippen molar-refractivity contribution in [2.24, 2.45) is 5.73 Å². The lowest BCUT2D eigenvalue weighted by Gasteiger charge is -2.05. The van der Waals surface area contributed by atoms with Gasteiger partial charge in [-0.25, -0.2) is 4.79 Å². The van der Waals surface area contributed by atoms with E-state index in [9.17, 15) is 9.59 Å². The topological polar surface area (TPSA) is 110 Å². The van der Waals surface area contributed by atoms with Crippen LogP contribution >= 0.6 is 0 Å². The Labute approximate surface area is 108 Å². The van der Waals surface area contributed by atoms with Gasteiger partial charge >= 0.3 is 6.03 Å². The van der Waals surface area contributed by atoms with Crippen LogP contribution in [0, 0.1) is 0 Å². The van der Waals surface area contributed by atoms with Crippen LogP contribution in [-0.4, -0.2) is 17.1 Å². The maximum atomic E-state index is 11.6. The van der Waals surface area contributed by atoms with E-state index in [2.05, 4.69) is 15.8 Å². The molecule has 2 rings (SSSR count). The highest BCUT2D eigenvalue weighted by atomic mass is 16.5. The molecule has 7 nitrogen and oxygen atoms in total. The van der Waals surface area contributed by atoms with Crippen LogP contribution in [0.4, 0.5) is 10.5 Å². The third-order valence-electron chi connectivity index (χ3n) is 2.27. The van der Waals surface area contributed by atoms with Crippen LogP contribution in [0.2, 0.25) is 0 Å². The summed E-state index contributed by atoms with van der Waals surface area (Å²) in [5.41, 5.74) is 5.73. The number of hydrogen-bond acceptors (Lipinski definition) is 4. The van der Waals surface area contributed by atoms with E-state index in [4.69, 9.17) is 10.3 Å². The zero-order valence-corrected chi connectivity index (χ0v) is 9.92. The summed E-state index contributed by atoms with van der Waals surface area (Å²) in [7, 11) is 0. The summed E-state index contributed by atoms with van der Waals surface area (Å²) in [6.45, 7) is 0.110. The second-order valence-electron chi connectivity index (χ2n) is 3.72. The summed E-state index contributed by atoms with van der Waals surface area (Å²) in [6, 6.07) is 9.99. The number of para-hydroxylation sites is 1. The Balaban J connectivity index is 1.84. The van der Waals surface area contributed by atoms with Gasteiger partial charge in [0.15, 0.2) is 11.5 Å². The minimum atomic E-state index is -0.677. The molecule has 19 heavy (non-hydrogen) atoms. The van der Waals surface area contributed by atoms with Gasteiger partial charge in [0.25, 0.3) is 5.91 Å². The van der Waals surface area contributed by atoms with E-state index < -0.39 is 5.91 Å². The predicted molar refractivity (Wildman–Crippen MR) is 67.3 cm³/mol. The number of aromatic nitrogens is 1. The molecular weight excluding hydrogens is 248 g/mol. The maximum Gasteiger partial charge on any atom is 0.319 e. The Kier molecular flexibility index (Phi) is 3.77. The molecule has 1 heterocycles. The number of carbonyl (C=O) groups excluding carboxylic acids is 2. The molecule has 98 valence electrons. The van der Waals surface area contributed by atoms with E-state index in [1.54, 1.807) is 12.1 Å². The van der Waals surface area contributed by atoms with Crippen LogP contribution in [0.25, 0.3) is 0 Å². The summed E-state index contributed by atoms with van der Waals surface area (Å²) >= 11 is 0. The Morgan fingerprint density at radius 3 is 2.63 bits per heavy atom. The minimum Gasteiger partial charge on any atom is -0.364 e. The first-order chi connectivity index (χ1) is 9.15. The van der Waals surface area contributed by atoms with Crippen molar-refractivity contribution in [3.05, 3.63) is 47.9 Å². The highest BCUT2D eigenvalue weighted by Gasteiger charge is 2.09. The second kappa shape index (κ2) is 5.67. The van der Waals surface area contributed by atoms with E-state index in [0.717, 1.165) is 0 Å². The molecule has 3 amide bonds. The molecule has 1 aromatic heterocycles. The molecule has 0 aliphatic heterocycles. The van der Waals surface area contributed by atoms with Crippen LogP contribution in [-0.2, 0) is 6.54 Å². The fourth-order valence-electron chi connectivity index (χ4n) is 1.38. The van der Waals surface area contributed by atoms with Gasteiger partial charge in [-0.15, -0.1) is 0 Å². The average Bonchev–Trinajstić information content (AvgIpc) is 2.86. The van der Waals surface area contributed by atoms with Crippen molar-refractivity contribution in [3.8, 4) is 0 Å². The van der Waals surface area contributed by atoms with Gasteiger partial charge in [0, 0.05) is 11.8 Å². The number of rotatable bonds is 4. The van der Waals surface area contributed by atoms with E-state index in [1.807, 2.05) is 18.2 Å². The van der Waals surface area contributed by atoms with Crippen molar-refractivity contribution in [3.63, 3.8) is 0 Å². The number of urea groups is 1. The van der Waals surface area contributed by atoms with Crippen LogP contribution in [0.1, 0.15) is 16.2 Å². The van der Waals surface area contributed by atoms with Crippen molar-refractivity contribution >= 4 is 17.6 Å². The molecule has 0 saturated carbocycles. The molecule has 7 heteroatoms. The van der Waals surface area contributed by atoms with Crippen LogP contribution in [0.3, 0.4) is 0 Å². The molecule has 0 atom stereocenters. The number of amides is 3. The Morgan fingerprint density at radius 1 is 1.26 bits per heavy atom. The first-order valence-corrected chi connectivity index (χ1v) is 5.50. The summed E-state index contributed by atoms with van der Waals surface area (Å²) in [6.07, 6.45) is 0. The number of benzene rings is 1. The lowest BCUT2D eigenvalue weighted by atomic mass is 10.3. The summed E-state index contributed by atoms with van der Waals surface area (Å²) in [5.74, 6) is -0.333. The monoisotopic (exact) mass is 260 g/mol. The minimum absolute atomic E-state index is 0.0280. The van der Waals surface area contributed by atoms with Crippen LogP contribution in [0.5, 0.6) is 0 Å². The van der Waals surface area contributed by atoms with Gasteiger partial charge in [-0.2, -0.15) is 0 Å². The smallest absolute Gasteiger partial charge is 0.319 e. The van der Waals surface area contributed by atoms with Gasteiger partial charge in [-0.1, -0.05) is 23.4 Å². The third-order valence-corrected chi connectivity index (χ3v) is 2.27. The fourth-order valence-corrected chi connectivity index (χ4v) is 1.38. The number of nitrogens with two attached hydrogens (primary N) is 1. The zero-order valence-electron chi connectivity index (χ0n) is 9.92.